The Morgan fingerprint density at radius 2 is 1.92 bits per heavy atom. The molecular formula is C9H16O2S2. The van der Waals surface area contributed by atoms with Gasteiger partial charge in [0, 0.05) is 11.5 Å². The van der Waals surface area contributed by atoms with Gasteiger partial charge < -0.3 is 0 Å². The topological polar surface area (TPSA) is 34.1 Å². The molecule has 76 valence electrons. The summed E-state index contributed by atoms with van der Waals surface area (Å²) in [5, 5.41) is 0. The fourth-order valence-corrected chi connectivity index (χ4v) is 4.57. The highest BCUT2D eigenvalue weighted by molar-refractivity contribution is 8.09. The molecule has 1 fully saturated rings. The third-order valence-electron chi connectivity index (χ3n) is 1.98. The van der Waals surface area contributed by atoms with Crippen LogP contribution in [0.25, 0.3) is 0 Å². The van der Waals surface area contributed by atoms with Crippen LogP contribution in [0, 0.1) is 0 Å². The standard InChI is InChI=1S/C9H16O2S2/c1-2-3-4-6-9-12(10)7-5-8-13(9)11/h6H,2-5,7-8H2,1H3/t12-,13+. The van der Waals surface area contributed by atoms with Crippen molar-refractivity contribution >= 4 is 21.6 Å². The Balaban J connectivity index is 2.57. The maximum absolute atomic E-state index is 11.4. The highest BCUT2D eigenvalue weighted by Gasteiger charge is 2.19. The molecule has 1 rings (SSSR count). The summed E-state index contributed by atoms with van der Waals surface area (Å²) in [6.07, 6.45) is 5.91. The zero-order chi connectivity index (χ0) is 9.68. The van der Waals surface area contributed by atoms with Crippen LogP contribution < -0.4 is 0 Å². The second kappa shape index (κ2) is 5.70. The number of hydrogen-bond acceptors (Lipinski definition) is 2. The molecule has 0 spiro atoms. The molecule has 0 amide bonds. The lowest BCUT2D eigenvalue weighted by Gasteiger charge is -2.12. The highest BCUT2D eigenvalue weighted by atomic mass is 32.2. The molecule has 0 saturated carbocycles. The first-order valence-electron chi connectivity index (χ1n) is 4.72. The van der Waals surface area contributed by atoms with Gasteiger partial charge in [0.2, 0.25) is 0 Å². The molecule has 1 aliphatic rings. The third-order valence-corrected chi connectivity index (χ3v) is 5.64. The number of allylic oxidation sites excluding steroid dienone is 1. The fraction of sp³-hybridized carbons (Fsp3) is 0.778. The molecule has 0 aromatic rings. The van der Waals surface area contributed by atoms with Gasteiger partial charge in [0.15, 0.2) is 0 Å². The monoisotopic (exact) mass is 220 g/mol. The molecule has 0 aromatic carbocycles. The average Bonchev–Trinajstić information content (AvgIpc) is 2.10. The van der Waals surface area contributed by atoms with E-state index in [1.165, 1.54) is 0 Å². The molecule has 2 nitrogen and oxygen atoms in total. The molecule has 1 aliphatic heterocycles. The van der Waals surface area contributed by atoms with E-state index in [1.807, 2.05) is 6.08 Å². The Kier molecular flexibility index (Phi) is 4.88. The van der Waals surface area contributed by atoms with Crippen LogP contribution in [0.4, 0.5) is 0 Å². The van der Waals surface area contributed by atoms with E-state index >= 15 is 0 Å². The van der Waals surface area contributed by atoms with Crippen molar-refractivity contribution in [2.24, 2.45) is 0 Å². The lowest BCUT2D eigenvalue weighted by atomic mass is 10.2. The van der Waals surface area contributed by atoms with Crippen molar-refractivity contribution in [2.75, 3.05) is 11.5 Å². The number of hydrogen-bond donors (Lipinski definition) is 0. The summed E-state index contributed by atoms with van der Waals surface area (Å²) >= 11 is 0. The van der Waals surface area contributed by atoms with Gasteiger partial charge >= 0.3 is 0 Å². The van der Waals surface area contributed by atoms with Crippen molar-refractivity contribution in [3.8, 4) is 0 Å². The molecular weight excluding hydrogens is 204 g/mol. The zero-order valence-electron chi connectivity index (χ0n) is 7.95. The Morgan fingerprint density at radius 1 is 1.31 bits per heavy atom. The molecule has 0 N–H and O–H groups in total. The Hall–Kier alpha value is 0.0400. The maximum atomic E-state index is 11.4. The molecule has 0 radical (unpaired) electrons. The normalized spacial score (nSPS) is 32.2. The summed E-state index contributed by atoms with van der Waals surface area (Å²) in [6, 6.07) is 0. The van der Waals surface area contributed by atoms with Crippen LogP contribution >= 0.6 is 0 Å². The largest absolute Gasteiger partial charge is 0.254 e. The van der Waals surface area contributed by atoms with Crippen molar-refractivity contribution in [2.45, 2.75) is 32.6 Å². The lowest BCUT2D eigenvalue weighted by molar-refractivity contribution is 0.676. The second-order valence-electron chi connectivity index (χ2n) is 3.12. The van der Waals surface area contributed by atoms with Gasteiger partial charge in [-0.05, 0) is 12.8 Å². The first-order chi connectivity index (χ1) is 6.25. The van der Waals surface area contributed by atoms with Crippen LogP contribution in [0.15, 0.2) is 10.3 Å². The Bertz CT molecular complexity index is 228. The van der Waals surface area contributed by atoms with E-state index in [-0.39, 0.29) is 0 Å². The summed E-state index contributed by atoms with van der Waals surface area (Å²) in [5.74, 6) is 1.40. The molecule has 1 saturated heterocycles. The summed E-state index contributed by atoms with van der Waals surface area (Å²) in [7, 11) is -1.90. The van der Waals surface area contributed by atoms with Crippen LogP contribution in [-0.2, 0) is 21.6 Å². The van der Waals surface area contributed by atoms with E-state index in [1.54, 1.807) is 0 Å². The molecule has 0 aliphatic carbocycles. The van der Waals surface area contributed by atoms with Gasteiger partial charge in [-0.25, -0.2) is 0 Å². The van der Waals surface area contributed by atoms with Gasteiger partial charge in [-0.1, -0.05) is 25.8 Å². The van der Waals surface area contributed by atoms with Crippen LogP contribution in [0.5, 0.6) is 0 Å². The van der Waals surface area contributed by atoms with Crippen molar-refractivity contribution < 1.29 is 8.42 Å². The zero-order valence-corrected chi connectivity index (χ0v) is 9.59. The SMILES string of the molecule is CCCCC=C1[S@](=O)CCC[S@@]1=O. The predicted octanol–water partition coefficient (Wildman–Crippen LogP) is 1.92. The molecule has 0 unspecified atom stereocenters. The second-order valence-corrected chi connectivity index (χ2v) is 6.45. The molecule has 0 bridgehead atoms. The minimum Gasteiger partial charge on any atom is -0.254 e. The van der Waals surface area contributed by atoms with Crippen molar-refractivity contribution in [1.82, 2.24) is 0 Å². The first kappa shape index (κ1) is 11.1. The average molecular weight is 220 g/mol. The number of rotatable bonds is 3. The van der Waals surface area contributed by atoms with Gasteiger partial charge in [0.25, 0.3) is 0 Å². The molecule has 4 heteroatoms. The van der Waals surface area contributed by atoms with Crippen LogP contribution in [0.1, 0.15) is 32.6 Å². The number of unbranched alkanes of at least 4 members (excludes halogenated alkanes) is 2. The van der Waals surface area contributed by atoms with Gasteiger partial charge in [-0.15, -0.1) is 0 Å². The van der Waals surface area contributed by atoms with E-state index in [0.717, 1.165) is 25.7 Å². The van der Waals surface area contributed by atoms with Crippen LogP contribution in [0.3, 0.4) is 0 Å². The Morgan fingerprint density at radius 3 is 2.46 bits per heavy atom. The van der Waals surface area contributed by atoms with Crippen LogP contribution in [0.2, 0.25) is 0 Å². The third kappa shape index (κ3) is 3.35. The minimum absolute atomic E-state index is 0.694. The van der Waals surface area contributed by atoms with Gasteiger partial charge in [0.1, 0.15) is 0 Å². The van der Waals surface area contributed by atoms with E-state index in [4.69, 9.17) is 0 Å². The molecule has 2 atom stereocenters. The molecule has 1 heterocycles. The van der Waals surface area contributed by atoms with Gasteiger partial charge in [0.05, 0.1) is 25.8 Å². The van der Waals surface area contributed by atoms with Crippen molar-refractivity contribution in [3.05, 3.63) is 10.3 Å². The quantitative estimate of drug-likeness (QED) is 0.681. The van der Waals surface area contributed by atoms with Gasteiger partial charge in [-0.2, -0.15) is 0 Å². The van der Waals surface area contributed by atoms with Crippen molar-refractivity contribution in [3.63, 3.8) is 0 Å². The smallest absolute Gasteiger partial charge is 0.0988 e. The first-order valence-corrected chi connectivity index (χ1v) is 7.36. The van der Waals surface area contributed by atoms with E-state index in [0.29, 0.717) is 15.7 Å². The summed E-state index contributed by atoms with van der Waals surface area (Å²) in [6.45, 7) is 2.12. The molecule has 13 heavy (non-hydrogen) atoms. The maximum Gasteiger partial charge on any atom is 0.0988 e. The Labute approximate surface area is 84.7 Å². The van der Waals surface area contributed by atoms with E-state index < -0.39 is 21.6 Å². The highest BCUT2D eigenvalue weighted by Crippen LogP contribution is 2.17. The molecule has 0 aromatic heterocycles. The summed E-state index contributed by atoms with van der Waals surface area (Å²) in [5.41, 5.74) is 0. The summed E-state index contributed by atoms with van der Waals surface area (Å²) in [4.78, 5) is 0. The predicted molar refractivity (Wildman–Crippen MR) is 58.2 cm³/mol. The van der Waals surface area contributed by atoms with E-state index in [2.05, 4.69) is 6.92 Å². The van der Waals surface area contributed by atoms with Gasteiger partial charge in [-0.3, -0.25) is 8.42 Å². The minimum atomic E-state index is -0.951. The van der Waals surface area contributed by atoms with Crippen LogP contribution in [-0.4, -0.2) is 19.9 Å². The fourth-order valence-electron chi connectivity index (χ4n) is 1.24. The van der Waals surface area contributed by atoms with Crippen molar-refractivity contribution in [1.29, 1.82) is 0 Å². The van der Waals surface area contributed by atoms with E-state index in [9.17, 15) is 8.42 Å². The summed E-state index contributed by atoms with van der Waals surface area (Å²) < 4.78 is 23.6. The lowest BCUT2D eigenvalue weighted by Crippen LogP contribution is -2.17.